The number of imidazole rings is 1. The highest BCUT2D eigenvalue weighted by Crippen LogP contribution is 2.38. The quantitative estimate of drug-likeness (QED) is 0.381. The van der Waals surface area contributed by atoms with Gasteiger partial charge in [-0.25, -0.2) is 14.8 Å². The van der Waals surface area contributed by atoms with E-state index in [1.165, 1.54) is 25.7 Å². The van der Waals surface area contributed by atoms with Gasteiger partial charge in [0.05, 0.1) is 47.0 Å². The molecule has 0 aromatic carbocycles. The Kier molecular flexibility index (Phi) is 6.69. The molecule has 0 bridgehead atoms. The Morgan fingerprint density at radius 3 is 2.50 bits per heavy atom. The highest BCUT2D eigenvalue weighted by atomic mass is 35.5. The Morgan fingerprint density at radius 2 is 1.82 bits per heavy atom. The van der Waals surface area contributed by atoms with E-state index in [4.69, 9.17) is 30.8 Å². The van der Waals surface area contributed by atoms with E-state index >= 15 is 0 Å². The SMILES string of the molecule is CC1CCC(Cn2c(N3C(C)COCC3C)nc3cc(-c4noc(=O)[nH]4)nc(-c4cncc(Cl)c4)c32)CC1. The van der Waals surface area contributed by atoms with Crippen molar-refractivity contribution < 1.29 is 9.26 Å². The minimum atomic E-state index is -0.637. The molecule has 2 fully saturated rings. The summed E-state index contributed by atoms with van der Waals surface area (Å²) in [6, 6.07) is 4.04. The van der Waals surface area contributed by atoms with Crippen molar-refractivity contribution in [3.63, 3.8) is 0 Å². The molecule has 1 aliphatic carbocycles. The highest BCUT2D eigenvalue weighted by molar-refractivity contribution is 6.30. The van der Waals surface area contributed by atoms with Crippen molar-refractivity contribution in [3.05, 3.63) is 40.1 Å². The summed E-state index contributed by atoms with van der Waals surface area (Å²) in [6.45, 7) is 8.82. The van der Waals surface area contributed by atoms with Crippen LogP contribution in [0.1, 0.15) is 46.5 Å². The molecule has 2 unspecified atom stereocenters. The van der Waals surface area contributed by atoms with Gasteiger partial charge in [-0.05, 0) is 50.7 Å². The summed E-state index contributed by atoms with van der Waals surface area (Å²) >= 11 is 6.37. The molecular formula is C27H32ClN7O3. The van der Waals surface area contributed by atoms with Crippen molar-refractivity contribution in [1.29, 1.82) is 0 Å². The third-order valence-electron chi connectivity index (χ3n) is 7.84. The number of hydrogen-bond acceptors (Lipinski definition) is 8. The fourth-order valence-electron chi connectivity index (χ4n) is 5.89. The van der Waals surface area contributed by atoms with E-state index in [0.29, 0.717) is 35.5 Å². The Balaban J connectivity index is 1.59. The molecule has 0 spiro atoms. The van der Waals surface area contributed by atoms with E-state index in [0.717, 1.165) is 35.0 Å². The van der Waals surface area contributed by atoms with Gasteiger partial charge in [-0.3, -0.25) is 14.5 Å². The Hall–Kier alpha value is -3.24. The number of pyridine rings is 2. The first kappa shape index (κ1) is 25.1. The van der Waals surface area contributed by atoms with Crippen molar-refractivity contribution in [3.8, 4) is 22.8 Å². The van der Waals surface area contributed by atoms with E-state index < -0.39 is 5.76 Å². The lowest BCUT2D eigenvalue weighted by atomic mass is 9.83. The van der Waals surface area contributed by atoms with Crippen LogP contribution in [0.15, 0.2) is 33.8 Å². The maximum Gasteiger partial charge on any atom is 0.439 e. The number of H-pyrrole nitrogens is 1. The van der Waals surface area contributed by atoms with E-state index in [9.17, 15) is 4.79 Å². The molecule has 5 heterocycles. The number of ether oxygens (including phenoxy) is 1. The Bertz CT molecular complexity index is 1490. The third-order valence-corrected chi connectivity index (χ3v) is 8.05. The molecule has 4 aromatic rings. The predicted molar refractivity (Wildman–Crippen MR) is 145 cm³/mol. The molecule has 1 saturated carbocycles. The van der Waals surface area contributed by atoms with Gasteiger partial charge >= 0.3 is 5.76 Å². The van der Waals surface area contributed by atoms with Gasteiger partial charge < -0.3 is 14.2 Å². The normalized spacial score (nSPS) is 24.3. The number of aromatic nitrogens is 6. The van der Waals surface area contributed by atoms with Gasteiger partial charge in [0.25, 0.3) is 0 Å². The van der Waals surface area contributed by atoms with E-state index in [1.807, 2.05) is 12.1 Å². The van der Waals surface area contributed by atoms with Gasteiger partial charge in [0.2, 0.25) is 11.8 Å². The largest absolute Gasteiger partial charge is 0.439 e. The number of hydrogen-bond donors (Lipinski definition) is 1. The number of fused-ring (bicyclic) bond motifs is 1. The fourth-order valence-corrected chi connectivity index (χ4v) is 6.06. The standard InChI is InChI=1S/C27H32ClN7O3/c1-15-4-6-18(7-5-15)12-34-24-21(31-26(34)35-16(2)13-37-14-17(35)3)9-22(25-32-27(36)38-33-25)30-23(24)19-8-20(28)11-29-10-19/h8-11,15-18H,4-7,12-14H2,1-3H3,(H,32,33,36). The number of morpholine rings is 1. The van der Waals surface area contributed by atoms with Gasteiger partial charge in [0, 0.05) is 24.5 Å². The minimum absolute atomic E-state index is 0.163. The molecular weight excluding hydrogens is 506 g/mol. The fraction of sp³-hybridized carbons (Fsp3) is 0.519. The van der Waals surface area contributed by atoms with Gasteiger partial charge in [-0.2, -0.15) is 0 Å². The van der Waals surface area contributed by atoms with Gasteiger partial charge in [-0.1, -0.05) is 36.5 Å². The van der Waals surface area contributed by atoms with Gasteiger partial charge in [-0.15, -0.1) is 0 Å². The minimum Gasteiger partial charge on any atom is -0.377 e. The lowest BCUT2D eigenvalue weighted by molar-refractivity contribution is 0.0741. The molecule has 10 nitrogen and oxygen atoms in total. The lowest BCUT2D eigenvalue weighted by Crippen LogP contribution is -2.51. The van der Waals surface area contributed by atoms with Crippen molar-refractivity contribution in [2.24, 2.45) is 11.8 Å². The maximum atomic E-state index is 11.7. The van der Waals surface area contributed by atoms with Crippen LogP contribution in [0.2, 0.25) is 5.02 Å². The summed E-state index contributed by atoms with van der Waals surface area (Å²) < 4.78 is 13.0. The summed E-state index contributed by atoms with van der Waals surface area (Å²) in [7, 11) is 0. The van der Waals surface area contributed by atoms with Crippen LogP contribution < -0.4 is 10.7 Å². The van der Waals surface area contributed by atoms with Crippen molar-refractivity contribution in [2.75, 3.05) is 18.1 Å². The van der Waals surface area contributed by atoms with Crippen LogP contribution in [0.4, 0.5) is 5.95 Å². The van der Waals surface area contributed by atoms with Gasteiger partial charge in [0.15, 0.2) is 0 Å². The van der Waals surface area contributed by atoms with Crippen LogP contribution >= 0.6 is 11.6 Å². The molecule has 2 aliphatic rings. The van der Waals surface area contributed by atoms with Crippen LogP contribution in [-0.4, -0.2) is 55.0 Å². The summed E-state index contributed by atoms with van der Waals surface area (Å²) in [5.74, 6) is 1.84. The Morgan fingerprint density at radius 1 is 1.05 bits per heavy atom. The van der Waals surface area contributed by atoms with E-state index in [-0.39, 0.29) is 17.9 Å². The molecule has 2 atom stereocenters. The zero-order valence-electron chi connectivity index (χ0n) is 21.9. The molecule has 0 amide bonds. The first-order valence-electron chi connectivity index (χ1n) is 13.3. The second-order valence-electron chi connectivity index (χ2n) is 10.9. The zero-order valence-corrected chi connectivity index (χ0v) is 22.6. The third kappa shape index (κ3) is 4.71. The smallest absolute Gasteiger partial charge is 0.377 e. The molecule has 0 radical (unpaired) electrons. The number of halogens is 1. The molecule has 11 heteroatoms. The molecule has 1 aliphatic heterocycles. The number of nitrogens with one attached hydrogen (secondary N) is 1. The van der Waals surface area contributed by atoms with Crippen LogP contribution in [0.25, 0.3) is 33.8 Å². The lowest BCUT2D eigenvalue weighted by Gasteiger charge is -2.40. The average Bonchev–Trinajstić information content (AvgIpc) is 3.48. The second-order valence-corrected chi connectivity index (χ2v) is 11.3. The second kappa shape index (κ2) is 10.1. The van der Waals surface area contributed by atoms with Crippen LogP contribution in [0.3, 0.4) is 0 Å². The number of anilines is 1. The average molecular weight is 538 g/mol. The summed E-state index contributed by atoms with van der Waals surface area (Å²) in [5.41, 5.74) is 3.60. The van der Waals surface area contributed by atoms with Crippen LogP contribution in [0, 0.1) is 11.8 Å². The van der Waals surface area contributed by atoms with Crippen molar-refractivity contribution in [2.45, 2.75) is 65.1 Å². The number of nitrogens with zero attached hydrogens (tertiary/aromatic N) is 6. The first-order chi connectivity index (χ1) is 18.4. The summed E-state index contributed by atoms with van der Waals surface area (Å²) in [5, 5.41) is 4.39. The highest BCUT2D eigenvalue weighted by Gasteiger charge is 2.32. The van der Waals surface area contributed by atoms with E-state index in [1.54, 1.807) is 12.4 Å². The van der Waals surface area contributed by atoms with Crippen LogP contribution in [-0.2, 0) is 11.3 Å². The van der Waals surface area contributed by atoms with E-state index in [2.05, 4.69) is 45.4 Å². The molecule has 38 heavy (non-hydrogen) atoms. The summed E-state index contributed by atoms with van der Waals surface area (Å²) in [6.07, 6.45) is 8.21. The molecule has 1 saturated heterocycles. The van der Waals surface area contributed by atoms with Crippen molar-refractivity contribution in [1.82, 2.24) is 29.7 Å². The number of rotatable bonds is 5. The predicted octanol–water partition coefficient (Wildman–Crippen LogP) is 4.93. The zero-order chi connectivity index (χ0) is 26.4. The molecule has 6 rings (SSSR count). The molecule has 1 N–H and O–H groups in total. The maximum absolute atomic E-state index is 11.7. The number of aromatic amines is 1. The molecule has 4 aromatic heterocycles. The first-order valence-corrected chi connectivity index (χ1v) is 13.7. The molecule has 200 valence electrons. The summed E-state index contributed by atoms with van der Waals surface area (Å²) in [4.78, 5) is 31.2. The van der Waals surface area contributed by atoms with Crippen molar-refractivity contribution >= 4 is 28.6 Å². The van der Waals surface area contributed by atoms with Crippen LogP contribution in [0.5, 0.6) is 0 Å². The topological polar surface area (TPSA) is 115 Å². The monoisotopic (exact) mass is 537 g/mol. The van der Waals surface area contributed by atoms with Gasteiger partial charge in [0.1, 0.15) is 5.69 Å². The Labute approximate surface area is 225 Å².